The third-order valence-electron chi connectivity index (χ3n) is 5.32. The molecule has 3 aromatic carbocycles. The van der Waals surface area contributed by atoms with Crippen LogP contribution in [-0.2, 0) is 16.4 Å². The number of carbonyl (C=O) groups is 2. The van der Waals surface area contributed by atoms with Gasteiger partial charge in [-0.15, -0.1) is 0 Å². The van der Waals surface area contributed by atoms with Crippen molar-refractivity contribution in [2.45, 2.75) is 16.3 Å². The number of amides is 2. The van der Waals surface area contributed by atoms with Gasteiger partial charge in [-0.05, 0) is 35.9 Å². The van der Waals surface area contributed by atoms with Crippen molar-refractivity contribution in [1.82, 2.24) is 20.7 Å². The van der Waals surface area contributed by atoms with Gasteiger partial charge in [0, 0.05) is 17.7 Å². The van der Waals surface area contributed by atoms with Crippen LogP contribution in [0.3, 0.4) is 0 Å². The fraction of sp³-hybridized carbons (Fsp3) is 0.0435. The van der Waals surface area contributed by atoms with Crippen LogP contribution in [0.2, 0.25) is 0 Å². The molecule has 2 heterocycles. The normalized spacial score (nSPS) is 13.9. The Morgan fingerprint density at radius 2 is 1.76 bits per heavy atom. The highest BCUT2D eigenvalue weighted by Crippen LogP contribution is 2.34. The molecule has 0 fully saturated rings. The number of anilines is 1. The molecule has 1 aromatic heterocycles. The average molecular weight is 459 g/mol. The van der Waals surface area contributed by atoms with Crippen LogP contribution >= 0.6 is 0 Å². The molecule has 0 radical (unpaired) electrons. The van der Waals surface area contributed by atoms with Crippen molar-refractivity contribution < 1.29 is 18.0 Å². The zero-order valence-electron chi connectivity index (χ0n) is 17.1. The molecule has 4 aromatic rings. The average Bonchev–Trinajstić information content (AvgIpc) is 3.35. The second-order valence-electron chi connectivity index (χ2n) is 7.40. The Balaban J connectivity index is 1.36. The van der Waals surface area contributed by atoms with Crippen LogP contribution in [0, 0.1) is 0 Å². The van der Waals surface area contributed by atoms with Crippen molar-refractivity contribution in [3.63, 3.8) is 0 Å². The highest BCUT2D eigenvalue weighted by Gasteiger charge is 2.31. The van der Waals surface area contributed by atoms with Gasteiger partial charge in [-0.25, -0.2) is 8.42 Å². The standard InChI is InChI=1S/C23H17N5O4S/c29-22(24-12-14-5-7-15(8-6-14)19-13-25-28-27-19)16-9-10-21-18(11-16)26-23(30)17-3-1-2-4-20(17)33(21,31)32/h1-11,13H,12H2,(H,24,29)(H,26,30)(H,25,27,28). The molecule has 3 N–H and O–H groups in total. The summed E-state index contributed by atoms with van der Waals surface area (Å²) in [4.78, 5) is 25.2. The Bertz CT molecular complexity index is 1480. The van der Waals surface area contributed by atoms with Gasteiger partial charge in [-0.2, -0.15) is 15.4 Å². The lowest BCUT2D eigenvalue weighted by Gasteiger charge is -2.10. The lowest BCUT2D eigenvalue weighted by atomic mass is 10.1. The first-order valence-corrected chi connectivity index (χ1v) is 11.4. The molecule has 2 amide bonds. The molecule has 164 valence electrons. The number of hydrogen-bond donors (Lipinski definition) is 3. The van der Waals surface area contributed by atoms with E-state index in [-0.39, 0.29) is 33.2 Å². The maximum atomic E-state index is 13.1. The first-order valence-electron chi connectivity index (χ1n) is 9.96. The van der Waals surface area contributed by atoms with E-state index >= 15 is 0 Å². The maximum absolute atomic E-state index is 13.1. The quantitative estimate of drug-likeness (QED) is 0.430. The van der Waals surface area contributed by atoms with Crippen molar-refractivity contribution in [3.8, 4) is 11.3 Å². The predicted octanol–water partition coefficient (Wildman–Crippen LogP) is 2.80. The number of sulfone groups is 1. The molecular weight excluding hydrogens is 442 g/mol. The first kappa shape index (κ1) is 20.6. The molecule has 33 heavy (non-hydrogen) atoms. The fourth-order valence-electron chi connectivity index (χ4n) is 3.62. The summed E-state index contributed by atoms with van der Waals surface area (Å²) in [5.41, 5.74) is 2.85. The van der Waals surface area contributed by atoms with Crippen LogP contribution in [0.1, 0.15) is 26.3 Å². The summed E-state index contributed by atoms with van der Waals surface area (Å²) in [5, 5.41) is 15.8. The van der Waals surface area contributed by atoms with E-state index in [1.165, 1.54) is 30.3 Å². The topological polar surface area (TPSA) is 134 Å². The van der Waals surface area contributed by atoms with Gasteiger partial charge < -0.3 is 10.6 Å². The van der Waals surface area contributed by atoms with Crippen LogP contribution in [0.4, 0.5) is 5.69 Å². The molecule has 0 spiro atoms. The molecule has 1 aliphatic rings. The zero-order valence-corrected chi connectivity index (χ0v) is 17.9. The Labute approximate surface area is 188 Å². The monoisotopic (exact) mass is 459 g/mol. The van der Waals surface area contributed by atoms with Crippen molar-refractivity contribution in [1.29, 1.82) is 0 Å². The number of H-pyrrole nitrogens is 1. The van der Waals surface area contributed by atoms with Gasteiger partial charge >= 0.3 is 0 Å². The summed E-state index contributed by atoms with van der Waals surface area (Å²) in [6.07, 6.45) is 1.62. The van der Waals surface area contributed by atoms with E-state index in [2.05, 4.69) is 26.0 Å². The number of nitrogens with zero attached hydrogens (tertiary/aromatic N) is 2. The summed E-state index contributed by atoms with van der Waals surface area (Å²) in [5.74, 6) is -0.940. The van der Waals surface area contributed by atoms with Gasteiger partial charge in [0.15, 0.2) is 0 Å². The second-order valence-corrected chi connectivity index (χ2v) is 9.29. The molecule has 0 bridgehead atoms. The van der Waals surface area contributed by atoms with E-state index in [9.17, 15) is 18.0 Å². The van der Waals surface area contributed by atoms with E-state index in [1.54, 1.807) is 18.3 Å². The molecule has 0 atom stereocenters. The summed E-state index contributed by atoms with van der Waals surface area (Å²) in [6, 6.07) is 17.6. The number of fused-ring (bicyclic) bond motifs is 2. The molecule has 0 unspecified atom stereocenters. The fourth-order valence-corrected chi connectivity index (χ4v) is 5.21. The second kappa shape index (κ2) is 7.99. The van der Waals surface area contributed by atoms with Crippen molar-refractivity contribution in [2.75, 3.05) is 5.32 Å². The van der Waals surface area contributed by atoms with E-state index in [0.29, 0.717) is 0 Å². The Morgan fingerprint density at radius 3 is 2.52 bits per heavy atom. The Hall–Kier alpha value is -4.31. The minimum Gasteiger partial charge on any atom is -0.348 e. The van der Waals surface area contributed by atoms with Crippen LogP contribution < -0.4 is 10.6 Å². The van der Waals surface area contributed by atoms with E-state index < -0.39 is 21.7 Å². The molecule has 10 heteroatoms. The Morgan fingerprint density at radius 1 is 0.970 bits per heavy atom. The molecule has 1 aliphatic heterocycles. The lowest BCUT2D eigenvalue weighted by molar-refractivity contribution is 0.0949. The number of rotatable bonds is 4. The summed E-state index contributed by atoms with van der Waals surface area (Å²) in [6.45, 7) is 0.269. The summed E-state index contributed by atoms with van der Waals surface area (Å²) in [7, 11) is -3.92. The van der Waals surface area contributed by atoms with E-state index in [4.69, 9.17) is 0 Å². The van der Waals surface area contributed by atoms with Crippen molar-refractivity contribution in [3.05, 3.63) is 89.6 Å². The molecular formula is C23H17N5O4S. The zero-order chi connectivity index (χ0) is 23.0. The van der Waals surface area contributed by atoms with Gasteiger partial charge in [0.25, 0.3) is 11.8 Å². The highest BCUT2D eigenvalue weighted by molar-refractivity contribution is 7.91. The third-order valence-corrected chi connectivity index (χ3v) is 7.19. The SMILES string of the molecule is O=C(NCc1ccc(-c2cn[nH]n2)cc1)c1ccc2c(c1)NC(=O)c1ccccc1S2(=O)=O. The maximum Gasteiger partial charge on any atom is 0.257 e. The smallest absolute Gasteiger partial charge is 0.257 e. The molecule has 5 rings (SSSR count). The highest BCUT2D eigenvalue weighted by atomic mass is 32.2. The number of aromatic amines is 1. The minimum absolute atomic E-state index is 0.0548. The van der Waals surface area contributed by atoms with E-state index in [0.717, 1.165) is 16.8 Å². The van der Waals surface area contributed by atoms with Gasteiger partial charge in [-0.1, -0.05) is 36.4 Å². The summed E-state index contributed by atoms with van der Waals surface area (Å²) >= 11 is 0. The van der Waals surface area contributed by atoms with Crippen molar-refractivity contribution >= 4 is 27.3 Å². The number of nitrogens with one attached hydrogen (secondary N) is 3. The first-order chi connectivity index (χ1) is 15.9. The lowest BCUT2D eigenvalue weighted by Crippen LogP contribution is -2.23. The Kier molecular flexibility index (Phi) is 4.98. The van der Waals surface area contributed by atoms with Gasteiger partial charge in [0.2, 0.25) is 9.84 Å². The van der Waals surface area contributed by atoms with Crippen LogP contribution in [0.25, 0.3) is 11.3 Å². The van der Waals surface area contributed by atoms with E-state index in [1.807, 2.05) is 24.3 Å². The van der Waals surface area contributed by atoms with Crippen molar-refractivity contribution in [2.24, 2.45) is 0 Å². The molecule has 0 saturated carbocycles. The molecule has 0 aliphatic carbocycles. The number of carbonyl (C=O) groups excluding carboxylic acids is 2. The van der Waals surface area contributed by atoms with Crippen LogP contribution in [0.5, 0.6) is 0 Å². The number of hydrogen-bond acceptors (Lipinski definition) is 6. The number of aromatic nitrogens is 3. The minimum atomic E-state index is -3.92. The largest absolute Gasteiger partial charge is 0.348 e. The number of benzene rings is 3. The van der Waals surface area contributed by atoms with Crippen LogP contribution in [-0.4, -0.2) is 35.6 Å². The molecule has 9 nitrogen and oxygen atoms in total. The molecule has 0 saturated heterocycles. The summed E-state index contributed by atoms with van der Waals surface area (Å²) < 4.78 is 26.1. The van der Waals surface area contributed by atoms with Crippen LogP contribution in [0.15, 0.2) is 82.7 Å². The van der Waals surface area contributed by atoms with Gasteiger partial charge in [-0.3, -0.25) is 9.59 Å². The third kappa shape index (κ3) is 3.76. The predicted molar refractivity (Wildman–Crippen MR) is 119 cm³/mol. The van der Waals surface area contributed by atoms with Gasteiger partial charge in [0.05, 0.1) is 27.2 Å². The van der Waals surface area contributed by atoms with Gasteiger partial charge in [0.1, 0.15) is 5.69 Å².